The highest BCUT2D eigenvalue weighted by Crippen LogP contribution is 2.32. The van der Waals surface area contributed by atoms with E-state index in [4.69, 9.17) is 0 Å². The first-order valence-electron chi connectivity index (χ1n) is 7.01. The fourth-order valence-corrected chi connectivity index (χ4v) is 2.68. The zero-order valence-electron chi connectivity index (χ0n) is 13.3. The first-order chi connectivity index (χ1) is 11.9. The van der Waals surface area contributed by atoms with Gasteiger partial charge in [0, 0.05) is 12.7 Å². The van der Waals surface area contributed by atoms with Gasteiger partial charge in [0.2, 0.25) is 11.7 Å². The lowest BCUT2D eigenvalue weighted by atomic mass is 10.2. The Morgan fingerprint density at radius 2 is 1.65 bits per heavy atom. The van der Waals surface area contributed by atoms with Crippen molar-refractivity contribution in [2.75, 3.05) is 5.32 Å². The van der Waals surface area contributed by atoms with Crippen LogP contribution in [-0.2, 0) is 24.2 Å². The summed E-state index contributed by atoms with van der Waals surface area (Å²) in [5.74, 6) is -1.80. The molecule has 1 aromatic heterocycles. The van der Waals surface area contributed by atoms with E-state index < -0.39 is 34.9 Å². The third-order valence-electron chi connectivity index (χ3n) is 3.22. The van der Waals surface area contributed by atoms with Crippen LogP contribution >= 0.6 is 11.8 Å². The number of hydrogen-bond acceptors (Lipinski definition) is 4. The Bertz CT molecular complexity index is 784. The molecular weight excluding hydrogens is 386 g/mol. The maximum absolute atomic E-state index is 12.7. The van der Waals surface area contributed by atoms with Gasteiger partial charge in [0.15, 0.2) is 5.16 Å². The van der Waals surface area contributed by atoms with Crippen molar-refractivity contribution in [1.82, 2.24) is 14.8 Å². The summed E-state index contributed by atoms with van der Waals surface area (Å²) in [7, 11) is 1.12. The number of carbonyl (C=O) groups excluding carboxylic acids is 1. The second kappa shape index (κ2) is 7.17. The number of amides is 1. The van der Waals surface area contributed by atoms with E-state index in [1.165, 1.54) is 6.92 Å². The first-order valence-corrected chi connectivity index (χ1v) is 7.89. The molecule has 1 N–H and O–H groups in total. The summed E-state index contributed by atoms with van der Waals surface area (Å²) < 4.78 is 76.2. The number of halogens is 6. The number of nitrogens with one attached hydrogen (secondary N) is 1. The number of aromatic nitrogens is 3. The predicted molar refractivity (Wildman–Crippen MR) is 81.4 cm³/mol. The van der Waals surface area contributed by atoms with Crippen molar-refractivity contribution in [3.05, 3.63) is 35.7 Å². The molecule has 0 aliphatic heterocycles. The highest BCUT2D eigenvalue weighted by Gasteiger charge is 2.38. The van der Waals surface area contributed by atoms with Crippen LogP contribution in [0, 0.1) is 0 Å². The van der Waals surface area contributed by atoms with E-state index in [0.717, 1.165) is 43.1 Å². The molecular formula is C14H12F6N4OS. The van der Waals surface area contributed by atoms with Gasteiger partial charge in [-0.25, -0.2) is 0 Å². The van der Waals surface area contributed by atoms with Crippen molar-refractivity contribution in [1.29, 1.82) is 0 Å². The molecule has 12 heteroatoms. The fraction of sp³-hybridized carbons (Fsp3) is 0.357. The van der Waals surface area contributed by atoms with Crippen molar-refractivity contribution in [2.45, 2.75) is 29.7 Å². The molecule has 1 atom stereocenters. The van der Waals surface area contributed by atoms with Crippen molar-refractivity contribution in [2.24, 2.45) is 7.05 Å². The lowest BCUT2D eigenvalue weighted by molar-refractivity contribution is -0.147. The summed E-state index contributed by atoms with van der Waals surface area (Å²) in [6.07, 6.45) is -9.17. The van der Waals surface area contributed by atoms with Gasteiger partial charge in [-0.15, -0.1) is 10.2 Å². The van der Waals surface area contributed by atoms with Gasteiger partial charge in [-0.2, -0.15) is 26.3 Å². The molecule has 0 bridgehead atoms. The standard InChI is InChI=1S/C14H12F6N4OS/c1-7(26-12-23-22-11(24(12)2)14(18,19)20)10(25)21-9-5-3-8(4-6-9)13(15,16)17/h3-7H,1-2H3,(H,21,25). The molecule has 0 aliphatic rings. The second-order valence-electron chi connectivity index (χ2n) is 5.19. The van der Waals surface area contributed by atoms with Crippen LogP contribution in [-0.4, -0.2) is 25.9 Å². The quantitative estimate of drug-likeness (QED) is 0.626. The van der Waals surface area contributed by atoms with E-state index in [0.29, 0.717) is 4.57 Å². The maximum atomic E-state index is 12.7. The third-order valence-corrected chi connectivity index (χ3v) is 4.35. The normalized spacial score (nSPS) is 13.5. The first kappa shape index (κ1) is 20.1. The highest BCUT2D eigenvalue weighted by atomic mass is 32.2. The third kappa shape index (κ3) is 4.68. The fourth-order valence-electron chi connectivity index (χ4n) is 1.86. The zero-order chi connectivity index (χ0) is 19.7. The SMILES string of the molecule is CC(Sc1nnc(C(F)(F)F)n1C)C(=O)Nc1ccc(C(F)(F)F)cc1. The van der Waals surface area contributed by atoms with Crippen LogP contribution in [0.2, 0.25) is 0 Å². The Kier molecular flexibility index (Phi) is 5.54. The van der Waals surface area contributed by atoms with Gasteiger partial charge in [-0.1, -0.05) is 11.8 Å². The average molecular weight is 398 g/mol. The summed E-state index contributed by atoms with van der Waals surface area (Å²) in [6.45, 7) is 1.42. The lowest BCUT2D eigenvalue weighted by Crippen LogP contribution is -2.23. The molecule has 2 aromatic rings. The minimum atomic E-state index is -4.67. The molecule has 1 unspecified atom stereocenters. The average Bonchev–Trinajstić information content (AvgIpc) is 2.88. The summed E-state index contributed by atoms with van der Waals surface area (Å²) in [6, 6.07) is 3.79. The number of benzene rings is 1. The monoisotopic (exact) mass is 398 g/mol. The van der Waals surface area contributed by atoms with Crippen LogP contribution in [0.4, 0.5) is 32.0 Å². The number of anilines is 1. The molecule has 2 rings (SSSR count). The van der Waals surface area contributed by atoms with Crippen LogP contribution in [0.1, 0.15) is 18.3 Å². The molecule has 0 spiro atoms. The topological polar surface area (TPSA) is 59.8 Å². The van der Waals surface area contributed by atoms with Gasteiger partial charge in [-0.3, -0.25) is 4.79 Å². The van der Waals surface area contributed by atoms with Gasteiger partial charge in [0.1, 0.15) is 0 Å². The Hall–Kier alpha value is -2.24. The van der Waals surface area contributed by atoms with Crippen LogP contribution in [0.5, 0.6) is 0 Å². The van der Waals surface area contributed by atoms with E-state index in [2.05, 4.69) is 15.5 Å². The molecule has 26 heavy (non-hydrogen) atoms. The smallest absolute Gasteiger partial charge is 0.325 e. The molecule has 1 aromatic carbocycles. The van der Waals surface area contributed by atoms with Crippen LogP contribution in [0.15, 0.2) is 29.4 Å². The van der Waals surface area contributed by atoms with Gasteiger partial charge in [-0.05, 0) is 31.2 Å². The second-order valence-corrected chi connectivity index (χ2v) is 6.50. The van der Waals surface area contributed by atoms with Crippen molar-refractivity contribution < 1.29 is 31.1 Å². The lowest BCUT2D eigenvalue weighted by Gasteiger charge is -2.13. The molecule has 1 heterocycles. The minimum absolute atomic E-state index is 0.118. The molecule has 0 saturated carbocycles. The molecule has 0 fully saturated rings. The molecule has 0 saturated heterocycles. The largest absolute Gasteiger partial charge is 0.451 e. The molecule has 0 aliphatic carbocycles. The number of hydrogen-bond donors (Lipinski definition) is 1. The minimum Gasteiger partial charge on any atom is -0.325 e. The van der Waals surface area contributed by atoms with Crippen molar-refractivity contribution in [3.8, 4) is 0 Å². The highest BCUT2D eigenvalue weighted by molar-refractivity contribution is 8.00. The predicted octanol–water partition coefficient (Wildman–Crippen LogP) is 3.97. The molecule has 5 nitrogen and oxygen atoms in total. The number of rotatable bonds is 4. The molecule has 1 amide bonds. The van der Waals surface area contributed by atoms with Crippen LogP contribution in [0.25, 0.3) is 0 Å². The number of alkyl halides is 6. The van der Waals surface area contributed by atoms with Gasteiger partial charge in [0.05, 0.1) is 10.8 Å². The summed E-state index contributed by atoms with van der Waals surface area (Å²) in [5.41, 5.74) is -0.735. The van der Waals surface area contributed by atoms with E-state index in [9.17, 15) is 31.1 Å². The van der Waals surface area contributed by atoms with E-state index >= 15 is 0 Å². The van der Waals surface area contributed by atoms with E-state index in [-0.39, 0.29) is 10.8 Å². The zero-order valence-corrected chi connectivity index (χ0v) is 14.1. The maximum Gasteiger partial charge on any atom is 0.451 e. The van der Waals surface area contributed by atoms with Crippen molar-refractivity contribution >= 4 is 23.4 Å². The van der Waals surface area contributed by atoms with Gasteiger partial charge in [0.25, 0.3) is 0 Å². The van der Waals surface area contributed by atoms with Gasteiger partial charge >= 0.3 is 12.4 Å². The Morgan fingerprint density at radius 1 is 1.08 bits per heavy atom. The number of carbonyl (C=O) groups is 1. The van der Waals surface area contributed by atoms with Crippen LogP contribution < -0.4 is 5.32 Å². The number of nitrogens with zero attached hydrogens (tertiary/aromatic N) is 3. The van der Waals surface area contributed by atoms with Crippen LogP contribution in [0.3, 0.4) is 0 Å². The van der Waals surface area contributed by atoms with E-state index in [1.807, 2.05) is 0 Å². The Labute approximate surface area is 147 Å². The summed E-state index contributed by atoms with van der Waals surface area (Å²) in [5, 5.41) is 7.86. The summed E-state index contributed by atoms with van der Waals surface area (Å²) >= 11 is 0.739. The summed E-state index contributed by atoms with van der Waals surface area (Å²) in [4.78, 5) is 12.1. The van der Waals surface area contributed by atoms with E-state index in [1.54, 1.807) is 0 Å². The Balaban J connectivity index is 2.03. The van der Waals surface area contributed by atoms with Gasteiger partial charge < -0.3 is 9.88 Å². The molecule has 0 radical (unpaired) electrons. The number of thioether (sulfide) groups is 1. The molecule has 142 valence electrons. The Morgan fingerprint density at radius 3 is 2.12 bits per heavy atom. The van der Waals surface area contributed by atoms with Crippen molar-refractivity contribution in [3.63, 3.8) is 0 Å².